The summed E-state index contributed by atoms with van der Waals surface area (Å²) in [6, 6.07) is 10.8. The van der Waals surface area contributed by atoms with Crippen LogP contribution < -0.4 is 5.32 Å². The second-order valence-electron chi connectivity index (χ2n) is 4.23. The van der Waals surface area contributed by atoms with Gasteiger partial charge in [-0.1, -0.05) is 11.6 Å². The zero-order valence-corrected chi connectivity index (χ0v) is 12.4. The summed E-state index contributed by atoms with van der Waals surface area (Å²) >= 11 is 7.06. The van der Waals surface area contributed by atoms with E-state index in [4.69, 9.17) is 11.6 Å². The maximum atomic E-state index is 12.0. The van der Waals surface area contributed by atoms with Gasteiger partial charge in [0.1, 0.15) is 0 Å². The molecule has 3 rings (SSSR count). The quantitative estimate of drug-likeness (QED) is 0.791. The number of aromatic nitrogens is 2. The number of thiophene rings is 1. The zero-order valence-electron chi connectivity index (χ0n) is 10.8. The van der Waals surface area contributed by atoms with E-state index in [9.17, 15) is 4.79 Å². The zero-order chi connectivity index (χ0) is 14.7. The third-order valence-corrected chi connectivity index (χ3v) is 4.02. The maximum Gasteiger partial charge on any atom is 0.265 e. The van der Waals surface area contributed by atoms with Crippen molar-refractivity contribution in [3.05, 3.63) is 64.2 Å². The number of halogens is 1. The van der Waals surface area contributed by atoms with Crippen LogP contribution >= 0.6 is 22.9 Å². The first-order chi connectivity index (χ1) is 10.2. The van der Waals surface area contributed by atoms with Gasteiger partial charge < -0.3 is 5.32 Å². The van der Waals surface area contributed by atoms with Crippen molar-refractivity contribution in [3.63, 3.8) is 0 Å². The molecule has 0 radical (unpaired) electrons. The standard InChI is InChI=1S/C15H10ClN3OS/c16-14-4-3-13(21-14)15(20)19-11-1-2-12(18-9-11)10-5-7-17-8-6-10/h1-9H,(H,19,20). The number of pyridine rings is 2. The van der Waals surface area contributed by atoms with Gasteiger partial charge in [-0.15, -0.1) is 11.3 Å². The van der Waals surface area contributed by atoms with Crippen LogP contribution in [0.25, 0.3) is 11.3 Å². The van der Waals surface area contributed by atoms with Gasteiger partial charge in [0.05, 0.1) is 26.8 Å². The molecule has 4 nitrogen and oxygen atoms in total. The molecule has 0 aromatic carbocycles. The van der Waals surface area contributed by atoms with Crippen LogP contribution in [0.4, 0.5) is 5.69 Å². The number of nitrogens with one attached hydrogen (secondary N) is 1. The molecule has 0 unspecified atom stereocenters. The van der Waals surface area contributed by atoms with Crippen LogP contribution in [0.15, 0.2) is 55.0 Å². The average Bonchev–Trinajstić information content (AvgIpc) is 2.96. The first-order valence-corrected chi connectivity index (χ1v) is 7.35. The number of hydrogen-bond donors (Lipinski definition) is 1. The van der Waals surface area contributed by atoms with E-state index < -0.39 is 0 Å². The summed E-state index contributed by atoms with van der Waals surface area (Å²) in [7, 11) is 0. The van der Waals surface area contributed by atoms with Crippen LogP contribution in [0.5, 0.6) is 0 Å². The van der Waals surface area contributed by atoms with Gasteiger partial charge in [0.15, 0.2) is 0 Å². The predicted molar refractivity (Wildman–Crippen MR) is 84.8 cm³/mol. The lowest BCUT2D eigenvalue weighted by molar-refractivity contribution is 0.103. The molecule has 6 heteroatoms. The van der Waals surface area contributed by atoms with Crippen molar-refractivity contribution < 1.29 is 4.79 Å². The van der Waals surface area contributed by atoms with Crippen molar-refractivity contribution >= 4 is 34.5 Å². The number of hydrogen-bond acceptors (Lipinski definition) is 4. The lowest BCUT2D eigenvalue weighted by Crippen LogP contribution is -2.10. The Morgan fingerprint density at radius 2 is 1.90 bits per heavy atom. The Hall–Kier alpha value is -2.24. The fourth-order valence-corrected chi connectivity index (χ4v) is 2.73. The van der Waals surface area contributed by atoms with Gasteiger partial charge in [0.25, 0.3) is 5.91 Å². The topological polar surface area (TPSA) is 54.9 Å². The Bertz CT molecular complexity index is 756. The van der Waals surface area contributed by atoms with E-state index in [1.54, 1.807) is 30.7 Å². The Balaban J connectivity index is 1.74. The lowest BCUT2D eigenvalue weighted by atomic mass is 10.2. The molecule has 104 valence electrons. The highest BCUT2D eigenvalue weighted by Gasteiger charge is 2.09. The molecule has 3 aromatic rings. The molecule has 0 fully saturated rings. The molecule has 3 heterocycles. The minimum absolute atomic E-state index is 0.189. The summed E-state index contributed by atoms with van der Waals surface area (Å²) in [5, 5.41) is 2.79. The van der Waals surface area contributed by atoms with Crippen LogP contribution in [-0.2, 0) is 0 Å². The molecule has 1 N–H and O–H groups in total. The van der Waals surface area contributed by atoms with Gasteiger partial charge in [-0.3, -0.25) is 14.8 Å². The van der Waals surface area contributed by atoms with Crippen LogP contribution in [-0.4, -0.2) is 15.9 Å². The van der Waals surface area contributed by atoms with Gasteiger partial charge in [-0.25, -0.2) is 0 Å². The predicted octanol–water partition coefficient (Wildman–Crippen LogP) is 4.11. The molecule has 21 heavy (non-hydrogen) atoms. The molecule has 0 aliphatic carbocycles. The Morgan fingerprint density at radius 1 is 1.10 bits per heavy atom. The smallest absolute Gasteiger partial charge is 0.265 e. The summed E-state index contributed by atoms with van der Waals surface area (Å²) in [5.41, 5.74) is 2.45. The molecule has 0 saturated heterocycles. The van der Waals surface area contributed by atoms with Crippen molar-refractivity contribution in [2.45, 2.75) is 0 Å². The van der Waals surface area contributed by atoms with Gasteiger partial charge >= 0.3 is 0 Å². The number of amides is 1. The number of carbonyl (C=O) groups is 1. The monoisotopic (exact) mass is 315 g/mol. The summed E-state index contributed by atoms with van der Waals surface area (Å²) in [4.78, 5) is 20.9. The Kier molecular flexibility index (Phi) is 3.94. The normalized spacial score (nSPS) is 10.3. The van der Waals surface area contributed by atoms with E-state index in [1.807, 2.05) is 24.3 Å². The largest absolute Gasteiger partial charge is 0.320 e. The Labute approximate surface area is 130 Å². The molecule has 1 amide bonds. The Morgan fingerprint density at radius 3 is 2.52 bits per heavy atom. The molecule has 3 aromatic heterocycles. The highest BCUT2D eigenvalue weighted by Crippen LogP contribution is 2.23. The summed E-state index contributed by atoms with van der Waals surface area (Å²) in [5.74, 6) is -0.189. The van der Waals surface area contributed by atoms with E-state index in [-0.39, 0.29) is 5.91 Å². The summed E-state index contributed by atoms with van der Waals surface area (Å²) in [6.45, 7) is 0. The molecule has 0 aliphatic heterocycles. The lowest BCUT2D eigenvalue weighted by Gasteiger charge is -2.05. The maximum absolute atomic E-state index is 12.0. The van der Waals surface area contributed by atoms with Crippen molar-refractivity contribution in [2.75, 3.05) is 5.32 Å². The van der Waals surface area contributed by atoms with E-state index in [1.165, 1.54) is 11.3 Å². The van der Waals surface area contributed by atoms with Gasteiger partial charge in [0.2, 0.25) is 0 Å². The second-order valence-corrected chi connectivity index (χ2v) is 5.94. The molecule has 0 saturated carbocycles. The molecule has 0 bridgehead atoms. The van der Waals surface area contributed by atoms with Gasteiger partial charge in [0, 0.05) is 18.0 Å². The highest BCUT2D eigenvalue weighted by molar-refractivity contribution is 7.18. The highest BCUT2D eigenvalue weighted by atomic mass is 35.5. The minimum atomic E-state index is -0.189. The van der Waals surface area contributed by atoms with Gasteiger partial charge in [-0.05, 0) is 36.4 Å². The summed E-state index contributed by atoms with van der Waals surface area (Å²) < 4.78 is 0.589. The van der Waals surface area contributed by atoms with Crippen LogP contribution in [0.3, 0.4) is 0 Å². The van der Waals surface area contributed by atoms with Crippen molar-refractivity contribution in [1.82, 2.24) is 9.97 Å². The molecule has 0 atom stereocenters. The van der Waals surface area contributed by atoms with Crippen LogP contribution in [0.2, 0.25) is 4.34 Å². The number of nitrogens with zero attached hydrogens (tertiary/aromatic N) is 2. The van der Waals surface area contributed by atoms with E-state index in [0.29, 0.717) is 14.9 Å². The fourth-order valence-electron chi connectivity index (χ4n) is 1.79. The average molecular weight is 316 g/mol. The van der Waals surface area contributed by atoms with E-state index >= 15 is 0 Å². The molecular formula is C15H10ClN3OS. The SMILES string of the molecule is O=C(Nc1ccc(-c2ccncc2)nc1)c1ccc(Cl)s1. The van der Waals surface area contributed by atoms with Crippen LogP contribution in [0, 0.1) is 0 Å². The summed E-state index contributed by atoms with van der Waals surface area (Å²) in [6.07, 6.45) is 5.06. The third kappa shape index (κ3) is 3.26. The van der Waals surface area contributed by atoms with Crippen molar-refractivity contribution in [3.8, 4) is 11.3 Å². The van der Waals surface area contributed by atoms with Crippen LogP contribution in [0.1, 0.15) is 9.67 Å². The van der Waals surface area contributed by atoms with Crippen molar-refractivity contribution in [1.29, 1.82) is 0 Å². The first-order valence-electron chi connectivity index (χ1n) is 6.15. The van der Waals surface area contributed by atoms with E-state index in [0.717, 1.165) is 11.3 Å². The third-order valence-electron chi connectivity index (χ3n) is 2.79. The van der Waals surface area contributed by atoms with E-state index in [2.05, 4.69) is 15.3 Å². The number of carbonyl (C=O) groups excluding carboxylic acids is 1. The minimum Gasteiger partial charge on any atom is -0.320 e. The van der Waals surface area contributed by atoms with Gasteiger partial charge in [-0.2, -0.15) is 0 Å². The molecule has 0 spiro atoms. The molecule has 0 aliphatic rings. The number of anilines is 1. The molecular weight excluding hydrogens is 306 g/mol. The second kappa shape index (κ2) is 6.03. The number of rotatable bonds is 3. The van der Waals surface area contributed by atoms with Crippen molar-refractivity contribution in [2.24, 2.45) is 0 Å². The fraction of sp³-hybridized carbons (Fsp3) is 0. The first kappa shape index (κ1) is 13.7.